The van der Waals surface area contributed by atoms with Gasteiger partial charge in [0.2, 0.25) is 10.0 Å². The molecule has 2 N–H and O–H groups in total. The molecule has 1 saturated heterocycles. The van der Waals surface area contributed by atoms with Gasteiger partial charge in [-0.15, -0.1) is 0 Å². The Kier molecular flexibility index (Phi) is 4.44. The van der Waals surface area contributed by atoms with E-state index < -0.39 is 10.0 Å². The van der Waals surface area contributed by atoms with Crippen LogP contribution in [0.3, 0.4) is 0 Å². The summed E-state index contributed by atoms with van der Waals surface area (Å²) in [6.07, 6.45) is 2.63. The Morgan fingerprint density at radius 3 is 2.60 bits per heavy atom. The first-order valence-electron chi connectivity index (χ1n) is 6.73. The summed E-state index contributed by atoms with van der Waals surface area (Å²) in [7, 11) is -2.03. The molecule has 1 fully saturated rings. The van der Waals surface area contributed by atoms with Crippen LogP contribution in [0.25, 0.3) is 0 Å². The Balaban J connectivity index is 2.48. The molecule has 6 nitrogen and oxygen atoms in total. The average molecular weight is 321 g/mol. The number of halogens is 1. The van der Waals surface area contributed by atoms with E-state index in [0.29, 0.717) is 12.2 Å². The highest BCUT2D eigenvalue weighted by Crippen LogP contribution is 2.32. The lowest BCUT2D eigenvalue weighted by Crippen LogP contribution is -2.51. The van der Waals surface area contributed by atoms with Gasteiger partial charge in [0.05, 0.1) is 5.69 Å². The summed E-state index contributed by atoms with van der Waals surface area (Å²) in [6.45, 7) is 3.99. The van der Waals surface area contributed by atoms with Gasteiger partial charge in [0, 0.05) is 25.7 Å². The van der Waals surface area contributed by atoms with E-state index in [-0.39, 0.29) is 22.1 Å². The van der Waals surface area contributed by atoms with Crippen molar-refractivity contribution in [3.05, 3.63) is 10.8 Å². The van der Waals surface area contributed by atoms with E-state index in [2.05, 4.69) is 5.10 Å². The van der Waals surface area contributed by atoms with Gasteiger partial charge in [-0.25, -0.2) is 8.42 Å². The Morgan fingerprint density at radius 1 is 1.45 bits per heavy atom. The molecular formula is C12H21ClN4O2S. The van der Waals surface area contributed by atoms with Crippen molar-refractivity contribution in [1.82, 2.24) is 14.1 Å². The fourth-order valence-electron chi connectivity index (χ4n) is 2.78. The molecule has 114 valence electrons. The minimum Gasteiger partial charge on any atom is -0.326 e. The minimum absolute atomic E-state index is 0.106. The molecule has 0 spiro atoms. The Bertz CT molecular complexity index is 597. The number of rotatable bonds is 3. The fourth-order valence-corrected chi connectivity index (χ4v) is 5.26. The van der Waals surface area contributed by atoms with Crippen LogP contribution in [0, 0.1) is 6.92 Å². The first-order chi connectivity index (χ1) is 9.26. The molecule has 1 aromatic heterocycles. The van der Waals surface area contributed by atoms with Crippen LogP contribution in [-0.2, 0) is 17.1 Å². The van der Waals surface area contributed by atoms with Gasteiger partial charge in [0.1, 0.15) is 10.0 Å². The normalized spacial score (nSPS) is 22.9. The van der Waals surface area contributed by atoms with Crippen molar-refractivity contribution in [3.8, 4) is 0 Å². The monoisotopic (exact) mass is 320 g/mol. The van der Waals surface area contributed by atoms with Gasteiger partial charge in [-0.2, -0.15) is 9.40 Å². The minimum atomic E-state index is -3.66. The van der Waals surface area contributed by atoms with Gasteiger partial charge in [-0.3, -0.25) is 4.68 Å². The Labute approximate surface area is 124 Å². The SMILES string of the molecule is Cc1nn(C)c(Cl)c1S(=O)(=O)N1CCCC[C@@H]1[C@H](C)N. The third-order valence-corrected chi connectivity index (χ3v) is 6.39. The number of hydrogen-bond donors (Lipinski definition) is 1. The molecule has 8 heteroatoms. The maximum absolute atomic E-state index is 12.9. The van der Waals surface area contributed by atoms with Crippen LogP contribution >= 0.6 is 11.6 Å². The number of hydrogen-bond acceptors (Lipinski definition) is 4. The molecule has 0 aromatic carbocycles. The highest BCUT2D eigenvalue weighted by molar-refractivity contribution is 7.89. The molecule has 0 radical (unpaired) electrons. The average Bonchev–Trinajstić information content (AvgIpc) is 2.63. The molecule has 2 rings (SSSR count). The highest BCUT2D eigenvalue weighted by Gasteiger charge is 2.38. The predicted molar refractivity (Wildman–Crippen MR) is 78.1 cm³/mol. The van der Waals surface area contributed by atoms with E-state index in [4.69, 9.17) is 17.3 Å². The lowest BCUT2D eigenvalue weighted by molar-refractivity contribution is 0.227. The third-order valence-electron chi connectivity index (χ3n) is 3.77. The molecule has 0 bridgehead atoms. The van der Waals surface area contributed by atoms with Crippen molar-refractivity contribution in [3.63, 3.8) is 0 Å². The zero-order chi connectivity index (χ0) is 15.1. The van der Waals surface area contributed by atoms with Crippen LogP contribution in [0.5, 0.6) is 0 Å². The largest absolute Gasteiger partial charge is 0.326 e. The summed E-state index contributed by atoms with van der Waals surface area (Å²) in [5.74, 6) is 0. The topological polar surface area (TPSA) is 81.2 Å². The van der Waals surface area contributed by atoms with Crippen molar-refractivity contribution in [1.29, 1.82) is 0 Å². The second-order valence-electron chi connectivity index (χ2n) is 5.37. The fraction of sp³-hybridized carbons (Fsp3) is 0.750. The quantitative estimate of drug-likeness (QED) is 0.909. The zero-order valence-electron chi connectivity index (χ0n) is 12.0. The summed E-state index contributed by atoms with van der Waals surface area (Å²) in [5.41, 5.74) is 6.38. The summed E-state index contributed by atoms with van der Waals surface area (Å²) in [6, 6.07) is -0.384. The van der Waals surface area contributed by atoms with Crippen molar-refractivity contribution in [2.24, 2.45) is 12.8 Å². The van der Waals surface area contributed by atoms with Gasteiger partial charge in [-0.1, -0.05) is 18.0 Å². The van der Waals surface area contributed by atoms with Gasteiger partial charge >= 0.3 is 0 Å². The molecule has 0 aliphatic carbocycles. The molecule has 2 atom stereocenters. The Hall–Kier alpha value is -0.630. The third kappa shape index (κ3) is 2.59. The van der Waals surface area contributed by atoms with Crippen LogP contribution in [0.4, 0.5) is 0 Å². The zero-order valence-corrected chi connectivity index (χ0v) is 13.6. The van der Waals surface area contributed by atoms with E-state index in [9.17, 15) is 8.42 Å². The van der Waals surface area contributed by atoms with Crippen LogP contribution in [0.2, 0.25) is 5.15 Å². The predicted octanol–water partition coefficient (Wildman–Crippen LogP) is 1.27. The number of nitrogens with two attached hydrogens (primary N) is 1. The second kappa shape index (κ2) is 5.63. The van der Waals surface area contributed by atoms with Crippen LogP contribution in [0.1, 0.15) is 31.9 Å². The van der Waals surface area contributed by atoms with Gasteiger partial charge in [0.15, 0.2) is 0 Å². The molecule has 2 heterocycles. The van der Waals surface area contributed by atoms with Gasteiger partial charge in [-0.05, 0) is 26.7 Å². The number of aryl methyl sites for hydroxylation is 2. The van der Waals surface area contributed by atoms with E-state index in [1.165, 1.54) is 8.99 Å². The number of sulfonamides is 1. The summed E-state index contributed by atoms with van der Waals surface area (Å²) < 4.78 is 28.7. The number of aromatic nitrogens is 2. The molecule has 0 unspecified atom stereocenters. The summed E-state index contributed by atoms with van der Waals surface area (Å²) in [4.78, 5) is 0.106. The summed E-state index contributed by atoms with van der Waals surface area (Å²) >= 11 is 6.11. The first kappa shape index (κ1) is 15.8. The molecular weight excluding hydrogens is 300 g/mol. The molecule has 20 heavy (non-hydrogen) atoms. The number of nitrogens with zero attached hydrogens (tertiary/aromatic N) is 3. The lowest BCUT2D eigenvalue weighted by atomic mass is 10.00. The Morgan fingerprint density at radius 2 is 2.10 bits per heavy atom. The van der Waals surface area contributed by atoms with Crippen LogP contribution in [-0.4, -0.2) is 41.1 Å². The molecule has 1 aliphatic rings. The van der Waals surface area contributed by atoms with Crippen molar-refractivity contribution < 1.29 is 8.42 Å². The second-order valence-corrected chi connectivity index (χ2v) is 7.55. The van der Waals surface area contributed by atoms with E-state index in [1.54, 1.807) is 14.0 Å². The van der Waals surface area contributed by atoms with Crippen LogP contribution in [0.15, 0.2) is 4.90 Å². The lowest BCUT2D eigenvalue weighted by Gasteiger charge is -2.36. The van der Waals surface area contributed by atoms with Gasteiger partial charge in [0.25, 0.3) is 0 Å². The van der Waals surface area contributed by atoms with E-state index in [0.717, 1.165) is 19.3 Å². The smallest absolute Gasteiger partial charge is 0.248 e. The van der Waals surface area contributed by atoms with E-state index in [1.807, 2.05) is 6.92 Å². The number of piperidine rings is 1. The molecule has 0 amide bonds. The van der Waals surface area contributed by atoms with Gasteiger partial charge < -0.3 is 5.73 Å². The molecule has 1 aromatic rings. The highest BCUT2D eigenvalue weighted by atomic mass is 35.5. The van der Waals surface area contributed by atoms with Crippen molar-refractivity contribution >= 4 is 21.6 Å². The van der Waals surface area contributed by atoms with Crippen LogP contribution < -0.4 is 5.73 Å². The molecule has 0 saturated carbocycles. The first-order valence-corrected chi connectivity index (χ1v) is 8.55. The van der Waals surface area contributed by atoms with E-state index >= 15 is 0 Å². The van der Waals surface area contributed by atoms with Crippen molar-refractivity contribution in [2.75, 3.05) is 6.54 Å². The van der Waals surface area contributed by atoms with Crippen molar-refractivity contribution in [2.45, 2.75) is 50.1 Å². The standard InChI is InChI=1S/C12H21ClN4O2S/c1-8(14)10-6-4-5-7-17(10)20(18,19)11-9(2)15-16(3)12(11)13/h8,10H,4-7,14H2,1-3H3/t8-,10+/m0/s1. The summed E-state index contributed by atoms with van der Waals surface area (Å²) in [5, 5.41) is 4.24. The maximum Gasteiger partial charge on any atom is 0.248 e. The maximum atomic E-state index is 12.9. The molecule has 1 aliphatic heterocycles.